The summed E-state index contributed by atoms with van der Waals surface area (Å²) in [6, 6.07) is 4.11. The number of halogens is 2. The van der Waals surface area contributed by atoms with Crippen LogP contribution in [-0.2, 0) is 16.6 Å². The monoisotopic (exact) mass is 294 g/mol. The maximum atomic E-state index is 12.9. The van der Waals surface area contributed by atoms with E-state index in [0.29, 0.717) is 12.1 Å². The van der Waals surface area contributed by atoms with Gasteiger partial charge in [0.05, 0.1) is 10.3 Å². The number of hydrogen-bond acceptors (Lipinski definition) is 3. The van der Waals surface area contributed by atoms with E-state index in [1.54, 1.807) is 14.0 Å². The second-order valence-electron chi connectivity index (χ2n) is 3.98. The molecule has 0 aliphatic heterocycles. The first-order valence-electron chi connectivity index (χ1n) is 5.44. The minimum atomic E-state index is -3.39. The molecule has 18 heavy (non-hydrogen) atoms. The maximum Gasteiger partial charge on any atom is 0.215 e. The van der Waals surface area contributed by atoms with Crippen LogP contribution in [0.15, 0.2) is 18.2 Å². The number of nitrogens with one attached hydrogen (secondary N) is 2. The van der Waals surface area contributed by atoms with Gasteiger partial charge in [-0.15, -0.1) is 0 Å². The van der Waals surface area contributed by atoms with E-state index in [-0.39, 0.29) is 11.6 Å². The molecule has 0 saturated carbocycles. The van der Waals surface area contributed by atoms with Crippen LogP contribution in [0.3, 0.4) is 0 Å². The quantitative estimate of drug-likeness (QED) is 0.836. The lowest BCUT2D eigenvalue weighted by atomic mass is 10.2. The summed E-state index contributed by atoms with van der Waals surface area (Å²) in [6.45, 7) is 2.06. The summed E-state index contributed by atoms with van der Waals surface area (Å²) in [6.07, 6.45) is 0. The van der Waals surface area contributed by atoms with Gasteiger partial charge in [0.2, 0.25) is 10.0 Å². The van der Waals surface area contributed by atoms with Crippen molar-refractivity contribution < 1.29 is 12.8 Å². The van der Waals surface area contributed by atoms with Crippen molar-refractivity contribution >= 4 is 21.6 Å². The van der Waals surface area contributed by atoms with E-state index in [2.05, 4.69) is 10.0 Å². The van der Waals surface area contributed by atoms with Crippen molar-refractivity contribution in [2.45, 2.75) is 18.7 Å². The smallest absolute Gasteiger partial charge is 0.215 e. The van der Waals surface area contributed by atoms with E-state index in [4.69, 9.17) is 11.6 Å². The van der Waals surface area contributed by atoms with Crippen molar-refractivity contribution in [3.05, 3.63) is 34.6 Å². The molecule has 0 fully saturated rings. The predicted octanol–water partition coefficient (Wildman–Crippen LogP) is 1.51. The van der Waals surface area contributed by atoms with Gasteiger partial charge in [0, 0.05) is 13.1 Å². The zero-order chi connectivity index (χ0) is 13.8. The van der Waals surface area contributed by atoms with Crippen LogP contribution >= 0.6 is 11.6 Å². The molecule has 102 valence electrons. The van der Waals surface area contributed by atoms with E-state index in [1.165, 1.54) is 18.2 Å². The van der Waals surface area contributed by atoms with Crippen LogP contribution in [-0.4, -0.2) is 27.3 Å². The molecule has 0 radical (unpaired) electrons. The van der Waals surface area contributed by atoms with Gasteiger partial charge < -0.3 is 5.32 Å². The Morgan fingerprint density at radius 2 is 2.11 bits per heavy atom. The third kappa shape index (κ3) is 4.20. The highest BCUT2D eigenvalue weighted by Gasteiger charge is 2.19. The van der Waals surface area contributed by atoms with E-state index in [0.717, 1.165) is 0 Å². The first-order valence-corrected chi connectivity index (χ1v) is 7.36. The Hall–Kier alpha value is -0.690. The standard InChI is InChI=1S/C11H16ClFN2O2S/c1-8(6-14-2)18(16,17)15-7-9-3-4-11(13)10(12)5-9/h3-5,8,14-15H,6-7H2,1-2H3. The van der Waals surface area contributed by atoms with Crippen molar-refractivity contribution in [2.75, 3.05) is 13.6 Å². The summed E-state index contributed by atoms with van der Waals surface area (Å²) >= 11 is 5.61. The molecule has 0 heterocycles. The topological polar surface area (TPSA) is 58.2 Å². The number of benzene rings is 1. The van der Waals surface area contributed by atoms with E-state index in [1.807, 2.05) is 0 Å². The van der Waals surface area contributed by atoms with Gasteiger partial charge in [-0.3, -0.25) is 0 Å². The molecule has 1 aromatic carbocycles. The van der Waals surface area contributed by atoms with Crippen LogP contribution in [0.25, 0.3) is 0 Å². The summed E-state index contributed by atoms with van der Waals surface area (Å²) < 4.78 is 39.0. The molecule has 1 aromatic rings. The fourth-order valence-corrected chi connectivity index (χ4v) is 2.61. The van der Waals surface area contributed by atoms with Crippen molar-refractivity contribution in [1.29, 1.82) is 0 Å². The molecular formula is C11H16ClFN2O2S. The average Bonchev–Trinajstić information content (AvgIpc) is 2.31. The minimum Gasteiger partial charge on any atom is -0.318 e. The van der Waals surface area contributed by atoms with E-state index in [9.17, 15) is 12.8 Å². The normalized spacial score (nSPS) is 13.6. The highest BCUT2D eigenvalue weighted by Crippen LogP contribution is 2.16. The molecule has 1 atom stereocenters. The third-order valence-electron chi connectivity index (χ3n) is 2.48. The molecular weight excluding hydrogens is 279 g/mol. The van der Waals surface area contributed by atoms with Crippen LogP contribution < -0.4 is 10.0 Å². The van der Waals surface area contributed by atoms with Gasteiger partial charge in [-0.1, -0.05) is 17.7 Å². The van der Waals surface area contributed by atoms with Gasteiger partial charge >= 0.3 is 0 Å². The third-order valence-corrected chi connectivity index (χ3v) is 4.55. The zero-order valence-electron chi connectivity index (χ0n) is 10.2. The summed E-state index contributed by atoms with van der Waals surface area (Å²) in [4.78, 5) is 0. The second-order valence-corrected chi connectivity index (χ2v) is 6.57. The molecule has 0 aliphatic rings. The van der Waals surface area contributed by atoms with Gasteiger partial charge in [-0.25, -0.2) is 17.5 Å². The lowest BCUT2D eigenvalue weighted by Gasteiger charge is -2.13. The summed E-state index contributed by atoms with van der Waals surface area (Å²) in [7, 11) is -1.71. The van der Waals surface area contributed by atoms with Gasteiger partial charge in [-0.2, -0.15) is 0 Å². The largest absolute Gasteiger partial charge is 0.318 e. The van der Waals surface area contributed by atoms with Gasteiger partial charge in [0.25, 0.3) is 0 Å². The number of sulfonamides is 1. The number of rotatable bonds is 6. The summed E-state index contributed by atoms with van der Waals surface area (Å²) in [5, 5.41) is 2.24. The average molecular weight is 295 g/mol. The molecule has 0 saturated heterocycles. The van der Waals surface area contributed by atoms with E-state index < -0.39 is 21.1 Å². The van der Waals surface area contributed by atoms with Crippen molar-refractivity contribution in [3.63, 3.8) is 0 Å². The van der Waals surface area contributed by atoms with Crippen molar-refractivity contribution in [1.82, 2.24) is 10.0 Å². The molecule has 0 aliphatic carbocycles. The minimum absolute atomic E-state index is 0.0185. The number of hydrogen-bond donors (Lipinski definition) is 2. The lowest BCUT2D eigenvalue weighted by molar-refractivity contribution is 0.563. The van der Waals surface area contributed by atoms with Crippen molar-refractivity contribution in [3.8, 4) is 0 Å². The molecule has 4 nitrogen and oxygen atoms in total. The molecule has 0 amide bonds. The second kappa shape index (κ2) is 6.47. The Balaban J connectivity index is 2.67. The van der Waals surface area contributed by atoms with Gasteiger partial charge in [0.1, 0.15) is 5.82 Å². The molecule has 2 N–H and O–H groups in total. The molecule has 0 spiro atoms. The Labute approximate surface area is 112 Å². The molecule has 0 aromatic heterocycles. The highest BCUT2D eigenvalue weighted by atomic mass is 35.5. The Kier molecular flexibility index (Phi) is 5.52. The summed E-state index contributed by atoms with van der Waals surface area (Å²) in [5.74, 6) is -0.521. The van der Waals surface area contributed by atoms with E-state index >= 15 is 0 Å². The molecule has 0 bridgehead atoms. The van der Waals surface area contributed by atoms with Gasteiger partial charge in [0.15, 0.2) is 0 Å². The highest BCUT2D eigenvalue weighted by molar-refractivity contribution is 7.90. The fourth-order valence-electron chi connectivity index (χ4n) is 1.37. The Morgan fingerprint density at radius 1 is 1.44 bits per heavy atom. The van der Waals surface area contributed by atoms with Crippen LogP contribution in [0, 0.1) is 5.82 Å². The van der Waals surface area contributed by atoms with Crippen LogP contribution in [0.5, 0.6) is 0 Å². The van der Waals surface area contributed by atoms with Crippen LogP contribution in [0.4, 0.5) is 4.39 Å². The first kappa shape index (κ1) is 15.4. The SMILES string of the molecule is CNCC(C)S(=O)(=O)NCc1ccc(F)c(Cl)c1. The van der Waals surface area contributed by atoms with Crippen LogP contribution in [0.1, 0.15) is 12.5 Å². The maximum absolute atomic E-state index is 12.9. The lowest BCUT2D eigenvalue weighted by Crippen LogP contribution is -2.37. The van der Waals surface area contributed by atoms with Gasteiger partial charge in [-0.05, 0) is 31.7 Å². The Bertz CT molecular complexity index is 508. The molecule has 7 heteroatoms. The predicted molar refractivity (Wildman–Crippen MR) is 70.6 cm³/mol. The summed E-state index contributed by atoms with van der Waals surface area (Å²) in [5.41, 5.74) is 0.613. The van der Waals surface area contributed by atoms with Crippen molar-refractivity contribution in [2.24, 2.45) is 0 Å². The Morgan fingerprint density at radius 3 is 2.67 bits per heavy atom. The molecule has 1 unspecified atom stereocenters. The first-order chi connectivity index (χ1) is 8.36. The molecule has 1 rings (SSSR count). The fraction of sp³-hybridized carbons (Fsp3) is 0.455. The van der Waals surface area contributed by atoms with Crippen LogP contribution in [0.2, 0.25) is 5.02 Å². The zero-order valence-corrected chi connectivity index (χ0v) is 11.8.